The molecule has 0 unspecified atom stereocenters. The van der Waals surface area contributed by atoms with E-state index in [9.17, 15) is 0 Å². The average molecular weight is 214 g/mol. The van der Waals surface area contributed by atoms with Gasteiger partial charge in [-0.05, 0) is 30.0 Å². The highest BCUT2D eigenvalue weighted by Crippen LogP contribution is 2.23. The molecule has 16 heavy (non-hydrogen) atoms. The summed E-state index contributed by atoms with van der Waals surface area (Å²) in [6.07, 6.45) is 4.09. The number of aromatic nitrogens is 1. The summed E-state index contributed by atoms with van der Waals surface area (Å²) >= 11 is 0. The highest BCUT2D eigenvalue weighted by atomic mass is 14.8. The molecule has 1 aromatic rings. The molecule has 0 fully saturated rings. The Kier molecular flexibility index (Phi) is 2.66. The second kappa shape index (κ2) is 3.85. The molecule has 0 amide bonds. The second-order valence-electron chi connectivity index (χ2n) is 5.31. The monoisotopic (exact) mass is 214 g/mol. The summed E-state index contributed by atoms with van der Waals surface area (Å²) < 4.78 is 0. The van der Waals surface area contributed by atoms with Crippen LogP contribution in [0, 0.1) is 0 Å². The average Bonchev–Trinajstić information content (AvgIpc) is 2.64. The predicted octanol–water partition coefficient (Wildman–Crippen LogP) is 3.24. The van der Waals surface area contributed by atoms with Gasteiger partial charge in [-0.15, -0.1) is 0 Å². The number of allylic oxidation sites excluding steroid dienone is 1. The van der Waals surface area contributed by atoms with E-state index in [1.165, 1.54) is 11.1 Å². The van der Waals surface area contributed by atoms with Gasteiger partial charge >= 0.3 is 0 Å². The lowest BCUT2D eigenvalue weighted by atomic mass is 9.88. The van der Waals surface area contributed by atoms with E-state index in [1.54, 1.807) is 0 Å². The first-order valence-electron chi connectivity index (χ1n) is 5.65. The molecule has 2 rings (SSSR count). The minimum atomic E-state index is 0.169. The van der Waals surface area contributed by atoms with Gasteiger partial charge in [-0.1, -0.05) is 26.8 Å². The maximum Gasteiger partial charge on any atom is 0.0681 e. The molecule has 0 saturated heterocycles. The van der Waals surface area contributed by atoms with E-state index in [0.29, 0.717) is 0 Å². The summed E-state index contributed by atoms with van der Waals surface area (Å²) in [6.45, 7) is 9.40. The second-order valence-corrected chi connectivity index (χ2v) is 5.31. The zero-order chi connectivity index (χ0) is 11.8. The van der Waals surface area contributed by atoms with Gasteiger partial charge in [0.1, 0.15) is 0 Å². The molecule has 2 heteroatoms. The van der Waals surface area contributed by atoms with Crippen LogP contribution in [0.4, 0.5) is 0 Å². The molecule has 2 heterocycles. The van der Waals surface area contributed by atoms with Gasteiger partial charge in [0.05, 0.1) is 12.2 Å². The normalized spacial score (nSPS) is 16.0. The lowest BCUT2D eigenvalue weighted by Gasteiger charge is -2.18. The van der Waals surface area contributed by atoms with Crippen LogP contribution in [0.5, 0.6) is 0 Å². The maximum absolute atomic E-state index is 4.52. The smallest absolute Gasteiger partial charge is 0.0681 e. The summed E-state index contributed by atoms with van der Waals surface area (Å²) in [5.74, 6) is 0. The van der Waals surface area contributed by atoms with Crippen molar-refractivity contribution < 1.29 is 0 Å². The van der Waals surface area contributed by atoms with Gasteiger partial charge in [0.25, 0.3) is 0 Å². The van der Waals surface area contributed by atoms with Crippen molar-refractivity contribution in [1.82, 2.24) is 4.98 Å². The third-order valence-corrected chi connectivity index (χ3v) is 2.84. The predicted molar refractivity (Wildman–Crippen MR) is 68.9 cm³/mol. The molecule has 0 N–H and O–H groups in total. The Labute approximate surface area is 97.1 Å². The van der Waals surface area contributed by atoms with Gasteiger partial charge in [0.2, 0.25) is 0 Å². The standard InChI is InChI=1S/C14H18N2/c1-10-7-11(8-15-10)13-6-5-12(9-16-13)14(2,3)4/h5-7,9H,8H2,1-4H3. The Bertz CT molecular complexity index is 445. The Morgan fingerprint density at radius 2 is 1.94 bits per heavy atom. The van der Waals surface area contributed by atoms with Gasteiger partial charge in [0.15, 0.2) is 0 Å². The molecular weight excluding hydrogens is 196 g/mol. The quantitative estimate of drug-likeness (QED) is 0.704. The van der Waals surface area contributed by atoms with E-state index >= 15 is 0 Å². The molecule has 0 atom stereocenters. The molecule has 84 valence electrons. The third-order valence-electron chi connectivity index (χ3n) is 2.84. The summed E-state index contributed by atoms with van der Waals surface area (Å²) in [6, 6.07) is 4.26. The van der Waals surface area contributed by atoms with Crippen molar-refractivity contribution in [2.75, 3.05) is 6.54 Å². The third kappa shape index (κ3) is 2.21. The molecule has 0 aliphatic carbocycles. The Morgan fingerprint density at radius 1 is 1.19 bits per heavy atom. The first-order valence-corrected chi connectivity index (χ1v) is 5.65. The SMILES string of the molecule is CC1=NCC(c2ccc(C(C)(C)C)cn2)=C1. The van der Waals surface area contributed by atoms with Crippen molar-refractivity contribution in [3.63, 3.8) is 0 Å². The fourth-order valence-corrected chi connectivity index (χ4v) is 1.74. The Morgan fingerprint density at radius 3 is 2.38 bits per heavy atom. The summed E-state index contributed by atoms with van der Waals surface area (Å²) in [4.78, 5) is 8.87. The van der Waals surface area contributed by atoms with Crippen molar-refractivity contribution in [1.29, 1.82) is 0 Å². The summed E-state index contributed by atoms with van der Waals surface area (Å²) in [7, 11) is 0. The number of aliphatic imine (C=N–C) groups is 1. The lowest BCUT2D eigenvalue weighted by molar-refractivity contribution is 0.587. The van der Waals surface area contributed by atoms with Crippen molar-refractivity contribution in [3.05, 3.63) is 35.7 Å². The summed E-state index contributed by atoms with van der Waals surface area (Å²) in [5, 5.41) is 0. The Balaban J connectivity index is 2.24. The largest absolute Gasteiger partial charge is 0.285 e. The van der Waals surface area contributed by atoms with E-state index in [0.717, 1.165) is 18.0 Å². The molecule has 0 aromatic carbocycles. The van der Waals surface area contributed by atoms with Gasteiger partial charge in [-0.2, -0.15) is 0 Å². The zero-order valence-corrected chi connectivity index (χ0v) is 10.4. The topological polar surface area (TPSA) is 25.2 Å². The van der Waals surface area contributed by atoms with E-state index in [2.05, 4.69) is 49.0 Å². The van der Waals surface area contributed by atoms with Crippen LogP contribution in [0.1, 0.15) is 39.0 Å². The van der Waals surface area contributed by atoms with Crippen LogP contribution in [0.15, 0.2) is 29.4 Å². The number of rotatable bonds is 1. The molecular formula is C14H18N2. The van der Waals surface area contributed by atoms with Crippen LogP contribution < -0.4 is 0 Å². The zero-order valence-electron chi connectivity index (χ0n) is 10.4. The molecule has 0 radical (unpaired) electrons. The van der Waals surface area contributed by atoms with Crippen molar-refractivity contribution in [2.45, 2.75) is 33.1 Å². The van der Waals surface area contributed by atoms with Crippen LogP contribution in [0.3, 0.4) is 0 Å². The number of hydrogen-bond acceptors (Lipinski definition) is 2. The highest BCUT2D eigenvalue weighted by Gasteiger charge is 2.15. The Hall–Kier alpha value is -1.44. The van der Waals surface area contributed by atoms with Crippen LogP contribution in [-0.2, 0) is 5.41 Å². The van der Waals surface area contributed by atoms with E-state index in [1.807, 2.05) is 13.1 Å². The lowest BCUT2D eigenvalue weighted by Crippen LogP contribution is -2.11. The highest BCUT2D eigenvalue weighted by molar-refractivity contribution is 6.02. The number of pyridine rings is 1. The van der Waals surface area contributed by atoms with E-state index in [-0.39, 0.29) is 5.41 Å². The van der Waals surface area contributed by atoms with Gasteiger partial charge < -0.3 is 0 Å². The van der Waals surface area contributed by atoms with Crippen molar-refractivity contribution >= 4 is 11.3 Å². The first-order chi connectivity index (χ1) is 7.47. The molecule has 0 saturated carbocycles. The van der Waals surface area contributed by atoms with Gasteiger partial charge in [-0.25, -0.2) is 0 Å². The minimum absolute atomic E-state index is 0.169. The number of nitrogens with zero attached hydrogens (tertiary/aromatic N) is 2. The van der Waals surface area contributed by atoms with Crippen LogP contribution >= 0.6 is 0 Å². The van der Waals surface area contributed by atoms with Crippen LogP contribution in [0.25, 0.3) is 5.57 Å². The maximum atomic E-state index is 4.52. The molecule has 0 spiro atoms. The van der Waals surface area contributed by atoms with Crippen molar-refractivity contribution in [2.24, 2.45) is 4.99 Å². The van der Waals surface area contributed by atoms with Gasteiger partial charge in [-0.3, -0.25) is 9.98 Å². The fraction of sp³-hybridized carbons (Fsp3) is 0.429. The fourth-order valence-electron chi connectivity index (χ4n) is 1.74. The minimum Gasteiger partial charge on any atom is -0.285 e. The van der Waals surface area contributed by atoms with E-state index in [4.69, 9.17) is 0 Å². The van der Waals surface area contributed by atoms with Crippen LogP contribution in [0.2, 0.25) is 0 Å². The molecule has 0 bridgehead atoms. The van der Waals surface area contributed by atoms with Crippen molar-refractivity contribution in [3.8, 4) is 0 Å². The molecule has 1 aliphatic rings. The van der Waals surface area contributed by atoms with E-state index < -0.39 is 0 Å². The van der Waals surface area contributed by atoms with Crippen LogP contribution in [-0.4, -0.2) is 17.2 Å². The molecule has 1 aromatic heterocycles. The molecule has 1 aliphatic heterocycles. The summed E-state index contributed by atoms with van der Waals surface area (Å²) in [5.41, 5.74) is 4.80. The van der Waals surface area contributed by atoms with Gasteiger partial charge in [0, 0.05) is 17.5 Å². The first kappa shape index (κ1) is 11.1. The number of hydrogen-bond donors (Lipinski definition) is 0. The molecule has 2 nitrogen and oxygen atoms in total.